The van der Waals surface area contributed by atoms with Gasteiger partial charge in [0.1, 0.15) is 11.5 Å². The van der Waals surface area contributed by atoms with E-state index in [0.717, 1.165) is 41.1 Å². The van der Waals surface area contributed by atoms with E-state index in [2.05, 4.69) is 39.3 Å². The van der Waals surface area contributed by atoms with E-state index in [1.165, 1.54) is 0 Å². The molecular formula is C16H16N4. The van der Waals surface area contributed by atoms with E-state index in [1.807, 2.05) is 24.3 Å². The van der Waals surface area contributed by atoms with Crippen LogP contribution in [0.3, 0.4) is 0 Å². The van der Waals surface area contributed by atoms with Gasteiger partial charge in [0, 0.05) is 11.9 Å². The molecule has 0 unspecified atom stereocenters. The third-order valence-corrected chi connectivity index (χ3v) is 3.05. The maximum absolute atomic E-state index is 4.64. The van der Waals surface area contributed by atoms with Crippen LogP contribution in [0.15, 0.2) is 48.8 Å². The van der Waals surface area contributed by atoms with Crippen LogP contribution in [0.1, 0.15) is 13.3 Å². The molecule has 4 heteroatoms. The molecule has 0 spiro atoms. The van der Waals surface area contributed by atoms with E-state index in [0.29, 0.717) is 0 Å². The molecule has 3 rings (SSSR count). The number of benzene rings is 1. The van der Waals surface area contributed by atoms with Crippen molar-refractivity contribution in [2.45, 2.75) is 13.3 Å². The SMILES string of the molecule is CCCNc1cncc(-c2ccc3ccccc3n2)n1. The molecule has 0 atom stereocenters. The summed E-state index contributed by atoms with van der Waals surface area (Å²) in [5, 5.41) is 4.37. The average Bonchev–Trinajstić information content (AvgIpc) is 2.53. The quantitative estimate of drug-likeness (QED) is 0.783. The molecule has 2 aromatic heterocycles. The molecule has 1 N–H and O–H groups in total. The number of pyridine rings is 1. The lowest BCUT2D eigenvalue weighted by Crippen LogP contribution is -2.03. The fourth-order valence-electron chi connectivity index (χ4n) is 2.04. The molecule has 3 aromatic rings. The van der Waals surface area contributed by atoms with Gasteiger partial charge in [-0.1, -0.05) is 31.2 Å². The summed E-state index contributed by atoms with van der Waals surface area (Å²) in [7, 11) is 0. The Morgan fingerprint density at radius 1 is 0.950 bits per heavy atom. The molecule has 0 amide bonds. The number of nitrogens with one attached hydrogen (secondary N) is 1. The first-order chi connectivity index (χ1) is 9.86. The van der Waals surface area contributed by atoms with Gasteiger partial charge in [-0.2, -0.15) is 0 Å². The van der Waals surface area contributed by atoms with Gasteiger partial charge in [-0.05, 0) is 18.6 Å². The molecule has 100 valence electrons. The summed E-state index contributed by atoms with van der Waals surface area (Å²) in [4.78, 5) is 13.4. The molecule has 0 aliphatic rings. The molecule has 0 saturated heterocycles. The van der Waals surface area contributed by atoms with Crippen molar-refractivity contribution in [3.63, 3.8) is 0 Å². The fourth-order valence-corrected chi connectivity index (χ4v) is 2.04. The summed E-state index contributed by atoms with van der Waals surface area (Å²) in [5.74, 6) is 0.791. The van der Waals surface area contributed by atoms with Crippen LogP contribution in [-0.4, -0.2) is 21.5 Å². The van der Waals surface area contributed by atoms with Gasteiger partial charge in [-0.25, -0.2) is 9.97 Å². The van der Waals surface area contributed by atoms with Gasteiger partial charge in [0.15, 0.2) is 0 Å². The van der Waals surface area contributed by atoms with Crippen LogP contribution in [0.5, 0.6) is 0 Å². The number of hydrogen-bond acceptors (Lipinski definition) is 4. The minimum absolute atomic E-state index is 0.789. The Bertz CT molecular complexity index is 724. The van der Waals surface area contributed by atoms with E-state index in [4.69, 9.17) is 0 Å². The second kappa shape index (κ2) is 5.65. The van der Waals surface area contributed by atoms with Gasteiger partial charge in [0.05, 0.1) is 23.6 Å². The van der Waals surface area contributed by atoms with Gasteiger partial charge >= 0.3 is 0 Å². The number of nitrogens with zero attached hydrogens (tertiary/aromatic N) is 3. The lowest BCUT2D eigenvalue weighted by atomic mass is 10.2. The zero-order chi connectivity index (χ0) is 13.8. The number of para-hydroxylation sites is 1. The van der Waals surface area contributed by atoms with E-state index in [-0.39, 0.29) is 0 Å². The highest BCUT2D eigenvalue weighted by molar-refractivity contribution is 5.80. The maximum atomic E-state index is 4.64. The van der Waals surface area contributed by atoms with E-state index in [9.17, 15) is 0 Å². The highest BCUT2D eigenvalue weighted by Crippen LogP contribution is 2.19. The largest absolute Gasteiger partial charge is 0.369 e. The highest BCUT2D eigenvalue weighted by Gasteiger charge is 2.04. The molecule has 20 heavy (non-hydrogen) atoms. The van der Waals surface area contributed by atoms with Crippen LogP contribution >= 0.6 is 0 Å². The highest BCUT2D eigenvalue weighted by atomic mass is 15.0. The molecule has 0 fully saturated rings. The Hall–Kier alpha value is -2.49. The smallest absolute Gasteiger partial charge is 0.145 e. The second-order valence-electron chi connectivity index (χ2n) is 4.61. The normalized spacial score (nSPS) is 10.7. The van der Waals surface area contributed by atoms with Gasteiger partial charge in [0.2, 0.25) is 0 Å². The van der Waals surface area contributed by atoms with Crippen LogP contribution in [0.4, 0.5) is 5.82 Å². The Labute approximate surface area is 117 Å². The van der Waals surface area contributed by atoms with Crippen molar-refractivity contribution in [1.82, 2.24) is 15.0 Å². The number of anilines is 1. The van der Waals surface area contributed by atoms with Crippen molar-refractivity contribution >= 4 is 16.7 Å². The molecule has 4 nitrogen and oxygen atoms in total. The minimum atomic E-state index is 0.789. The van der Waals surface area contributed by atoms with Gasteiger partial charge in [0.25, 0.3) is 0 Å². The van der Waals surface area contributed by atoms with Crippen molar-refractivity contribution in [2.24, 2.45) is 0 Å². The van der Waals surface area contributed by atoms with E-state index in [1.54, 1.807) is 12.4 Å². The van der Waals surface area contributed by atoms with Crippen molar-refractivity contribution in [1.29, 1.82) is 0 Å². The summed E-state index contributed by atoms with van der Waals surface area (Å²) in [6.45, 7) is 3.01. The van der Waals surface area contributed by atoms with Crippen LogP contribution in [-0.2, 0) is 0 Å². The molecule has 0 saturated carbocycles. The van der Waals surface area contributed by atoms with Crippen molar-refractivity contribution in [2.75, 3.05) is 11.9 Å². The summed E-state index contributed by atoms with van der Waals surface area (Å²) in [6.07, 6.45) is 4.54. The van der Waals surface area contributed by atoms with Gasteiger partial charge in [-0.3, -0.25) is 4.98 Å². The summed E-state index contributed by atoms with van der Waals surface area (Å²) >= 11 is 0. The third-order valence-electron chi connectivity index (χ3n) is 3.05. The predicted octanol–water partition coefficient (Wildman–Crippen LogP) is 3.51. The zero-order valence-electron chi connectivity index (χ0n) is 11.4. The Morgan fingerprint density at radius 2 is 1.85 bits per heavy atom. The Kier molecular flexibility index (Phi) is 3.54. The number of hydrogen-bond donors (Lipinski definition) is 1. The predicted molar refractivity (Wildman–Crippen MR) is 81.5 cm³/mol. The lowest BCUT2D eigenvalue weighted by Gasteiger charge is -2.06. The number of fused-ring (bicyclic) bond motifs is 1. The molecule has 1 aromatic carbocycles. The Balaban J connectivity index is 1.97. The second-order valence-corrected chi connectivity index (χ2v) is 4.61. The van der Waals surface area contributed by atoms with Crippen molar-refractivity contribution in [3.05, 3.63) is 48.8 Å². The third kappa shape index (κ3) is 2.59. The van der Waals surface area contributed by atoms with Crippen molar-refractivity contribution in [3.8, 4) is 11.4 Å². The molecule has 0 aliphatic carbocycles. The first kappa shape index (κ1) is 12.5. The average molecular weight is 264 g/mol. The standard InChI is InChI=1S/C16H16N4/c1-2-9-18-16-11-17-10-15(20-16)14-8-7-12-5-3-4-6-13(12)19-14/h3-8,10-11H,2,9H2,1H3,(H,18,20). The van der Waals surface area contributed by atoms with Crippen LogP contribution in [0.2, 0.25) is 0 Å². The summed E-state index contributed by atoms with van der Waals surface area (Å²) < 4.78 is 0. The zero-order valence-corrected chi connectivity index (χ0v) is 11.4. The van der Waals surface area contributed by atoms with Gasteiger partial charge in [-0.15, -0.1) is 0 Å². The monoisotopic (exact) mass is 264 g/mol. The molecule has 0 bridgehead atoms. The first-order valence-corrected chi connectivity index (χ1v) is 6.79. The number of aromatic nitrogens is 3. The summed E-state index contributed by atoms with van der Waals surface area (Å²) in [6, 6.07) is 12.1. The maximum Gasteiger partial charge on any atom is 0.145 e. The van der Waals surface area contributed by atoms with E-state index < -0.39 is 0 Å². The topological polar surface area (TPSA) is 50.7 Å². The Morgan fingerprint density at radius 3 is 2.75 bits per heavy atom. The first-order valence-electron chi connectivity index (χ1n) is 6.79. The molecular weight excluding hydrogens is 248 g/mol. The molecule has 0 aliphatic heterocycles. The molecule has 0 radical (unpaired) electrons. The van der Waals surface area contributed by atoms with Crippen LogP contribution < -0.4 is 5.32 Å². The van der Waals surface area contributed by atoms with Crippen molar-refractivity contribution < 1.29 is 0 Å². The summed E-state index contributed by atoms with van der Waals surface area (Å²) in [5.41, 5.74) is 2.60. The van der Waals surface area contributed by atoms with Gasteiger partial charge < -0.3 is 5.32 Å². The lowest BCUT2D eigenvalue weighted by molar-refractivity contribution is 0.965. The fraction of sp³-hybridized carbons (Fsp3) is 0.188. The molecule has 2 heterocycles. The minimum Gasteiger partial charge on any atom is -0.369 e. The van der Waals surface area contributed by atoms with E-state index >= 15 is 0 Å². The number of rotatable bonds is 4. The van der Waals surface area contributed by atoms with Crippen LogP contribution in [0, 0.1) is 0 Å². The van der Waals surface area contributed by atoms with Crippen LogP contribution in [0.25, 0.3) is 22.3 Å².